The average Bonchev–Trinajstić information content (AvgIpc) is 2.95. The van der Waals surface area contributed by atoms with E-state index in [0.717, 1.165) is 0 Å². The molecule has 12 heteroatoms. The Morgan fingerprint density at radius 3 is 1.79 bits per heavy atom. The second-order valence-corrected chi connectivity index (χ2v) is 10.9. The molecule has 0 bridgehead atoms. The lowest BCUT2D eigenvalue weighted by Gasteiger charge is -2.27. The molecular weight excluding hydrogens is 544 g/mol. The van der Waals surface area contributed by atoms with Gasteiger partial charge in [0.15, 0.2) is 0 Å². The van der Waals surface area contributed by atoms with Crippen LogP contribution in [0.15, 0.2) is 24.3 Å². The summed E-state index contributed by atoms with van der Waals surface area (Å²) in [4.78, 5) is 39.2. The van der Waals surface area contributed by atoms with E-state index in [0.29, 0.717) is 57.1 Å². The van der Waals surface area contributed by atoms with Gasteiger partial charge in [-0.25, -0.2) is 0 Å². The van der Waals surface area contributed by atoms with E-state index in [1.165, 1.54) is 12.1 Å². The number of ether oxygens (including phenoxy) is 1. The standard InChI is InChI=1S/C30H42N4O8/c1-18(36)30(2,3)9-8-23(39)42-17-15-32-11-13-34-20-5-4-19(33-12-10-31-14-16-35)24-25(20)29(41)27-22(38)7-6-21(37)26(27)28(24)40/h4-7,18,31-38H,8-17H2,1-3H3. The molecule has 0 aliphatic heterocycles. The first-order valence-electron chi connectivity index (χ1n) is 14.1. The number of aliphatic hydroxyl groups excluding tert-OH is 2. The number of rotatable bonds is 17. The molecule has 0 aromatic heterocycles. The number of phenols is 2. The van der Waals surface area contributed by atoms with Gasteiger partial charge in [-0.15, -0.1) is 0 Å². The molecule has 0 heterocycles. The number of phenolic OH excluding ortho intramolecular Hbond substituents is 2. The van der Waals surface area contributed by atoms with Gasteiger partial charge in [0, 0.05) is 57.1 Å². The van der Waals surface area contributed by atoms with Gasteiger partial charge < -0.3 is 46.4 Å². The Morgan fingerprint density at radius 1 is 0.810 bits per heavy atom. The summed E-state index contributed by atoms with van der Waals surface area (Å²) in [5, 5.41) is 52.0. The number of aromatic hydroxyl groups is 2. The number of hydrogen-bond acceptors (Lipinski definition) is 12. The third kappa shape index (κ3) is 7.97. The lowest BCUT2D eigenvalue weighted by atomic mass is 9.81. The van der Waals surface area contributed by atoms with Gasteiger partial charge >= 0.3 is 5.97 Å². The quantitative estimate of drug-likeness (QED) is 0.0649. The van der Waals surface area contributed by atoms with E-state index in [1.807, 2.05) is 13.8 Å². The lowest BCUT2D eigenvalue weighted by Crippen LogP contribution is -2.29. The van der Waals surface area contributed by atoms with E-state index in [-0.39, 0.29) is 53.3 Å². The molecule has 0 amide bonds. The van der Waals surface area contributed by atoms with Crippen LogP contribution >= 0.6 is 0 Å². The Balaban J connectivity index is 1.63. The van der Waals surface area contributed by atoms with Crippen molar-refractivity contribution in [3.05, 3.63) is 46.5 Å². The minimum atomic E-state index is -0.587. The van der Waals surface area contributed by atoms with Gasteiger partial charge in [0.2, 0.25) is 11.6 Å². The molecule has 1 aliphatic carbocycles. The second kappa shape index (κ2) is 15.0. The number of hydrogen-bond donors (Lipinski definition) is 8. The van der Waals surface area contributed by atoms with Crippen molar-refractivity contribution in [2.75, 3.05) is 63.1 Å². The van der Waals surface area contributed by atoms with Crippen molar-refractivity contribution in [1.82, 2.24) is 10.6 Å². The van der Waals surface area contributed by atoms with E-state index in [1.54, 1.807) is 19.1 Å². The van der Waals surface area contributed by atoms with E-state index >= 15 is 0 Å². The largest absolute Gasteiger partial charge is 0.507 e. The molecule has 1 atom stereocenters. The van der Waals surface area contributed by atoms with Crippen molar-refractivity contribution >= 4 is 28.9 Å². The fourth-order valence-electron chi connectivity index (χ4n) is 4.50. The van der Waals surface area contributed by atoms with Gasteiger partial charge in [-0.1, -0.05) is 13.8 Å². The third-order valence-electron chi connectivity index (χ3n) is 7.44. The summed E-state index contributed by atoms with van der Waals surface area (Å²) in [5.74, 6) is -2.28. The average molecular weight is 587 g/mol. The highest BCUT2D eigenvalue weighted by molar-refractivity contribution is 6.33. The number of ketones is 2. The number of anilines is 2. The smallest absolute Gasteiger partial charge is 0.305 e. The molecule has 0 saturated carbocycles. The molecule has 42 heavy (non-hydrogen) atoms. The number of fused-ring (bicyclic) bond motifs is 2. The molecule has 0 spiro atoms. The highest BCUT2D eigenvalue weighted by Crippen LogP contribution is 2.42. The first kappa shape index (κ1) is 32.8. The number of carbonyl (C=O) groups excluding carboxylic acids is 3. The second-order valence-electron chi connectivity index (χ2n) is 10.9. The van der Waals surface area contributed by atoms with Gasteiger partial charge in [0.05, 0.1) is 35.0 Å². The molecule has 1 unspecified atom stereocenters. The van der Waals surface area contributed by atoms with Crippen molar-refractivity contribution in [3.63, 3.8) is 0 Å². The zero-order valence-electron chi connectivity index (χ0n) is 24.4. The summed E-state index contributed by atoms with van der Waals surface area (Å²) in [6.07, 6.45) is 0.208. The van der Waals surface area contributed by atoms with Gasteiger partial charge in [-0.2, -0.15) is 0 Å². The Labute approximate surface area is 245 Å². The normalized spacial score (nSPS) is 13.4. The molecule has 3 rings (SSSR count). The fourth-order valence-corrected chi connectivity index (χ4v) is 4.50. The molecule has 0 radical (unpaired) electrons. The molecule has 2 aromatic rings. The van der Waals surface area contributed by atoms with Crippen LogP contribution in [0.3, 0.4) is 0 Å². The predicted molar refractivity (Wildman–Crippen MR) is 159 cm³/mol. The Kier molecular flexibility index (Phi) is 11.7. The SMILES string of the molecule is CC(O)C(C)(C)CCC(=O)OCCNCCNc1ccc(NCCNCCO)c2c1C(=O)c1c(O)ccc(O)c1C2=O. The van der Waals surface area contributed by atoms with Crippen molar-refractivity contribution in [2.45, 2.75) is 39.7 Å². The summed E-state index contributed by atoms with van der Waals surface area (Å²) >= 11 is 0. The highest BCUT2D eigenvalue weighted by atomic mass is 16.5. The van der Waals surface area contributed by atoms with Gasteiger partial charge in [0.1, 0.15) is 18.1 Å². The Morgan fingerprint density at radius 2 is 1.31 bits per heavy atom. The number of nitrogens with one attached hydrogen (secondary N) is 4. The molecule has 12 nitrogen and oxygen atoms in total. The van der Waals surface area contributed by atoms with E-state index in [4.69, 9.17) is 9.84 Å². The lowest BCUT2D eigenvalue weighted by molar-refractivity contribution is -0.144. The number of carbonyl (C=O) groups is 3. The number of benzene rings is 2. The molecule has 0 fully saturated rings. The van der Waals surface area contributed by atoms with Gasteiger partial charge in [0.25, 0.3) is 0 Å². The maximum atomic E-state index is 13.6. The topological polar surface area (TPSA) is 189 Å². The van der Waals surface area contributed by atoms with E-state index in [9.17, 15) is 29.7 Å². The van der Waals surface area contributed by atoms with Crippen LogP contribution in [0.4, 0.5) is 11.4 Å². The van der Waals surface area contributed by atoms with Crippen molar-refractivity contribution in [1.29, 1.82) is 0 Å². The third-order valence-corrected chi connectivity index (χ3v) is 7.44. The zero-order chi connectivity index (χ0) is 30.9. The van der Waals surface area contributed by atoms with Crippen molar-refractivity contribution in [2.24, 2.45) is 5.41 Å². The van der Waals surface area contributed by atoms with Crippen LogP contribution in [0, 0.1) is 5.41 Å². The number of esters is 1. The zero-order valence-corrected chi connectivity index (χ0v) is 24.4. The highest BCUT2D eigenvalue weighted by Gasteiger charge is 2.38. The maximum absolute atomic E-state index is 13.6. The molecule has 2 aromatic carbocycles. The van der Waals surface area contributed by atoms with E-state index in [2.05, 4.69) is 21.3 Å². The summed E-state index contributed by atoms with van der Waals surface area (Å²) in [5.41, 5.74) is 0.140. The van der Waals surface area contributed by atoms with Crippen LogP contribution in [0.5, 0.6) is 11.5 Å². The first-order chi connectivity index (χ1) is 20.0. The minimum Gasteiger partial charge on any atom is -0.507 e. The first-order valence-corrected chi connectivity index (χ1v) is 14.1. The molecular formula is C30H42N4O8. The van der Waals surface area contributed by atoms with Gasteiger partial charge in [-0.3, -0.25) is 14.4 Å². The van der Waals surface area contributed by atoms with Crippen LogP contribution in [-0.4, -0.2) is 96.5 Å². The van der Waals surface area contributed by atoms with E-state index < -0.39 is 29.2 Å². The Hall–Kier alpha value is -3.71. The summed E-state index contributed by atoms with van der Waals surface area (Å²) in [7, 11) is 0. The minimum absolute atomic E-state index is 0.00831. The monoisotopic (exact) mass is 586 g/mol. The number of aliphatic hydroxyl groups is 2. The molecule has 0 saturated heterocycles. The maximum Gasteiger partial charge on any atom is 0.305 e. The van der Waals surface area contributed by atoms with Crippen LogP contribution in [0.25, 0.3) is 0 Å². The molecule has 1 aliphatic rings. The van der Waals surface area contributed by atoms with Gasteiger partial charge in [-0.05, 0) is 43.0 Å². The van der Waals surface area contributed by atoms with Crippen LogP contribution in [-0.2, 0) is 9.53 Å². The van der Waals surface area contributed by atoms with Crippen LogP contribution < -0.4 is 21.3 Å². The van der Waals surface area contributed by atoms with Crippen molar-refractivity contribution in [3.8, 4) is 11.5 Å². The summed E-state index contributed by atoms with van der Waals surface area (Å²) in [6, 6.07) is 5.71. The summed E-state index contributed by atoms with van der Waals surface area (Å²) in [6.45, 7) is 8.25. The van der Waals surface area contributed by atoms with Crippen LogP contribution in [0.1, 0.15) is 65.5 Å². The van der Waals surface area contributed by atoms with Crippen LogP contribution in [0.2, 0.25) is 0 Å². The fraction of sp³-hybridized carbons (Fsp3) is 0.500. The Bertz CT molecular complexity index is 1280. The predicted octanol–water partition coefficient (Wildman–Crippen LogP) is 1.60. The summed E-state index contributed by atoms with van der Waals surface area (Å²) < 4.78 is 5.25. The molecule has 8 N–H and O–H groups in total. The van der Waals surface area contributed by atoms with Crippen molar-refractivity contribution < 1.29 is 39.5 Å². The molecule has 230 valence electrons.